The average molecular weight is 273 g/mol. The van der Waals surface area contributed by atoms with Crippen LogP contribution in [0.2, 0.25) is 0 Å². The van der Waals surface area contributed by atoms with E-state index in [1.54, 1.807) is 13.0 Å². The van der Waals surface area contributed by atoms with Gasteiger partial charge in [-0.2, -0.15) is 5.26 Å². The predicted molar refractivity (Wildman–Crippen MR) is 80.7 cm³/mol. The molecule has 2 unspecified atom stereocenters. The van der Waals surface area contributed by atoms with Crippen molar-refractivity contribution in [3.63, 3.8) is 0 Å². The van der Waals surface area contributed by atoms with Crippen LogP contribution < -0.4 is 4.90 Å². The molecule has 0 amide bonds. The molecule has 4 heteroatoms. The van der Waals surface area contributed by atoms with Crippen LogP contribution in [0.3, 0.4) is 0 Å². The zero-order chi connectivity index (χ0) is 14.7. The number of likely N-dealkylation sites (N-methyl/N-ethyl adjacent to an activating group) is 1. The Kier molecular flexibility index (Phi) is 4.64. The van der Waals surface area contributed by atoms with E-state index in [2.05, 4.69) is 30.0 Å². The van der Waals surface area contributed by atoms with E-state index in [0.717, 1.165) is 30.8 Å². The van der Waals surface area contributed by atoms with E-state index in [4.69, 9.17) is 5.26 Å². The lowest BCUT2D eigenvalue weighted by molar-refractivity contribution is 0.199. The molecule has 0 bridgehead atoms. The van der Waals surface area contributed by atoms with Gasteiger partial charge in [-0.3, -0.25) is 0 Å². The Morgan fingerprint density at radius 2 is 2.20 bits per heavy atom. The van der Waals surface area contributed by atoms with Gasteiger partial charge in [0.1, 0.15) is 0 Å². The van der Waals surface area contributed by atoms with E-state index < -0.39 is 6.10 Å². The molecule has 1 fully saturated rings. The Hall–Kier alpha value is -1.57. The maximum absolute atomic E-state index is 9.95. The van der Waals surface area contributed by atoms with Gasteiger partial charge in [-0.05, 0) is 46.0 Å². The smallest absolute Gasteiger partial charge is 0.0992 e. The van der Waals surface area contributed by atoms with Crippen LogP contribution in [0.25, 0.3) is 0 Å². The molecule has 0 aromatic heterocycles. The SMILES string of the molecule is CC(O)c1ccc(C#N)cc1N1CCCC(N(C)C)C1. The largest absolute Gasteiger partial charge is 0.389 e. The third-order valence-corrected chi connectivity index (χ3v) is 4.08. The highest BCUT2D eigenvalue weighted by Crippen LogP contribution is 2.30. The van der Waals surface area contributed by atoms with Crippen LogP contribution in [0.15, 0.2) is 18.2 Å². The van der Waals surface area contributed by atoms with Crippen LogP contribution in [0, 0.1) is 11.3 Å². The molecule has 20 heavy (non-hydrogen) atoms. The summed E-state index contributed by atoms with van der Waals surface area (Å²) < 4.78 is 0. The summed E-state index contributed by atoms with van der Waals surface area (Å²) in [6.45, 7) is 3.71. The van der Waals surface area contributed by atoms with Crippen molar-refractivity contribution in [2.24, 2.45) is 0 Å². The highest BCUT2D eigenvalue weighted by Gasteiger charge is 2.24. The predicted octanol–water partition coefficient (Wildman–Crippen LogP) is 2.14. The Labute approximate surface area is 121 Å². The standard InChI is InChI=1S/C16H23N3O/c1-12(20)15-7-6-13(10-17)9-16(15)19-8-4-5-14(11-19)18(2)3/h6-7,9,12,14,20H,4-5,8,11H2,1-3H3. The number of hydrogen-bond acceptors (Lipinski definition) is 4. The first kappa shape index (κ1) is 14.8. The molecule has 1 aliphatic rings. The van der Waals surface area contributed by atoms with Crippen LogP contribution >= 0.6 is 0 Å². The Bertz CT molecular complexity index is 505. The first-order valence-electron chi connectivity index (χ1n) is 7.16. The lowest BCUT2D eigenvalue weighted by Gasteiger charge is -2.38. The first-order valence-corrected chi connectivity index (χ1v) is 7.16. The van der Waals surface area contributed by atoms with Crippen molar-refractivity contribution >= 4 is 5.69 Å². The Morgan fingerprint density at radius 3 is 2.80 bits per heavy atom. The maximum atomic E-state index is 9.95. The summed E-state index contributed by atoms with van der Waals surface area (Å²) in [5.41, 5.74) is 2.56. The number of anilines is 1. The molecule has 2 rings (SSSR count). The monoisotopic (exact) mass is 273 g/mol. The van der Waals surface area contributed by atoms with Crippen LogP contribution in [-0.2, 0) is 0 Å². The zero-order valence-electron chi connectivity index (χ0n) is 12.5. The molecule has 108 valence electrons. The molecule has 1 heterocycles. The fourth-order valence-electron chi connectivity index (χ4n) is 2.84. The zero-order valence-corrected chi connectivity index (χ0v) is 12.5. The van der Waals surface area contributed by atoms with E-state index in [1.807, 2.05) is 12.1 Å². The normalized spacial score (nSPS) is 20.8. The summed E-state index contributed by atoms with van der Waals surface area (Å²) in [5.74, 6) is 0. The highest BCUT2D eigenvalue weighted by molar-refractivity contribution is 5.59. The molecule has 0 aliphatic carbocycles. The lowest BCUT2D eigenvalue weighted by atomic mass is 9.99. The summed E-state index contributed by atoms with van der Waals surface area (Å²) in [6.07, 6.45) is 1.82. The average Bonchev–Trinajstić information content (AvgIpc) is 2.46. The second-order valence-electron chi connectivity index (χ2n) is 5.77. The van der Waals surface area contributed by atoms with Crippen LogP contribution in [-0.4, -0.2) is 43.2 Å². The van der Waals surface area contributed by atoms with E-state index in [9.17, 15) is 5.11 Å². The van der Waals surface area contributed by atoms with Gasteiger partial charge < -0.3 is 14.9 Å². The minimum atomic E-state index is -0.516. The van der Waals surface area contributed by atoms with Crippen LogP contribution in [0.1, 0.15) is 37.0 Å². The summed E-state index contributed by atoms with van der Waals surface area (Å²) >= 11 is 0. The molecule has 1 saturated heterocycles. The number of nitriles is 1. The van der Waals surface area contributed by atoms with Gasteiger partial charge in [0.2, 0.25) is 0 Å². The van der Waals surface area contributed by atoms with E-state index in [1.165, 1.54) is 6.42 Å². The van der Waals surface area contributed by atoms with Gasteiger partial charge in [-0.1, -0.05) is 6.07 Å². The van der Waals surface area contributed by atoms with Crippen molar-refractivity contribution in [1.29, 1.82) is 5.26 Å². The Morgan fingerprint density at radius 1 is 1.45 bits per heavy atom. The van der Waals surface area contributed by atoms with Crippen molar-refractivity contribution < 1.29 is 5.11 Å². The number of aliphatic hydroxyl groups is 1. The molecule has 0 radical (unpaired) electrons. The summed E-state index contributed by atoms with van der Waals surface area (Å²) in [7, 11) is 4.21. The molecule has 0 spiro atoms. The minimum Gasteiger partial charge on any atom is -0.389 e. The number of aliphatic hydroxyl groups excluding tert-OH is 1. The van der Waals surface area contributed by atoms with Crippen LogP contribution in [0.4, 0.5) is 5.69 Å². The third-order valence-electron chi connectivity index (χ3n) is 4.08. The molecule has 1 N–H and O–H groups in total. The highest BCUT2D eigenvalue weighted by atomic mass is 16.3. The molecule has 0 saturated carbocycles. The first-order chi connectivity index (χ1) is 9.52. The van der Waals surface area contributed by atoms with Crippen LogP contribution in [0.5, 0.6) is 0 Å². The second kappa shape index (κ2) is 6.25. The van der Waals surface area contributed by atoms with Gasteiger partial charge >= 0.3 is 0 Å². The molecular formula is C16H23N3O. The number of nitrogens with zero attached hydrogens (tertiary/aromatic N) is 3. The topological polar surface area (TPSA) is 50.5 Å². The van der Waals surface area contributed by atoms with Gasteiger partial charge in [-0.25, -0.2) is 0 Å². The molecule has 1 aromatic rings. The fraction of sp³-hybridized carbons (Fsp3) is 0.562. The molecule has 2 atom stereocenters. The fourth-order valence-corrected chi connectivity index (χ4v) is 2.84. The molecule has 4 nitrogen and oxygen atoms in total. The molecular weight excluding hydrogens is 250 g/mol. The summed E-state index contributed by atoms with van der Waals surface area (Å²) in [6, 6.07) is 8.26. The number of hydrogen-bond donors (Lipinski definition) is 1. The molecule has 1 aromatic carbocycles. The number of rotatable bonds is 3. The Balaban J connectivity index is 2.32. The second-order valence-corrected chi connectivity index (χ2v) is 5.77. The van der Waals surface area contributed by atoms with E-state index in [-0.39, 0.29) is 0 Å². The number of piperidine rings is 1. The molecule has 1 aliphatic heterocycles. The van der Waals surface area contributed by atoms with Gasteiger partial charge in [-0.15, -0.1) is 0 Å². The van der Waals surface area contributed by atoms with Crippen molar-refractivity contribution in [3.05, 3.63) is 29.3 Å². The van der Waals surface area contributed by atoms with Gasteiger partial charge in [0, 0.05) is 30.4 Å². The summed E-state index contributed by atoms with van der Waals surface area (Å²) in [4.78, 5) is 4.55. The number of benzene rings is 1. The lowest BCUT2D eigenvalue weighted by Crippen LogP contribution is -2.45. The maximum Gasteiger partial charge on any atom is 0.0992 e. The van der Waals surface area contributed by atoms with Gasteiger partial charge in [0.05, 0.1) is 17.7 Å². The van der Waals surface area contributed by atoms with Crippen molar-refractivity contribution in [3.8, 4) is 6.07 Å². The van der Waals surface area contributed by atoms with Crippen molar-refractivity contribution in [2.75, 3.05) is 32.1 Å². The van der Waals surface area contributed by atoms with Crippen molar-refractivity contribution in [2.45, 2.75) is 31.9 Å². The van der Waals surface area contributed by atoms with Crippen molar-refractivity contribution in [1.82, 2.24) is 4.90 Å². The van der Waals surface area contributed by atoms with Gasteiger partial charge in [0.15, 0.2) is 0 Å². The third kappa shape index (κ3) is 3.12. The minimum absolute atomic E-state index is 0.516. The van der Waals surface area contributed by atoms with E-state index in [0.29, 0.717) is 11.6 Å². The van der Waals surface area contributed by atoms with E-state index >= 15 is 0 Å². The summed E-state index contributed by atoms with van der Waals surface area (Å²) in [5, 5.41) is 19.0. The van der Waals surface area contributed by atoms with Gasteiger partial charge in [0.25, 0.3) is 0 Å². The quantitative estimate of drug-likeness (QED) is 0.916.